The second-order valence-corrected chi connectivity index (χ2v) is 3.81. The van der Waals surface area contributed by atoms with Crippen LogP contribution in [0.3, 0.4) is 0 Å². The highest BCUT2D eigenvalue weighted by atomic mass is 16.5. The van der Waals surface area contributed by atoms with Crippen LogP contribution in [0.1, 0.15) is 5.56 Å². The standard InChI is InChI=1S/C13H15N3O2/c1-16(11-3-5-12(18-2)6-4-11)13-14-7-10(9-17)8-15-13/h3-8,17H,9H2,1-2H3. The summed E-state index contributed by atoms with van der Waals surface area (Å²) in [4.78, 5) is 10.2. The number of hydrogen-bond acceptors (Lipinski definition) is 5. The number of benzene rings is 1. The molecule has 5 nitrogen and oxygen atoms in total. The van der Waals surface area contributed by atoms with E-state index in [9.17, 15) is 0 Å². The Hall–Kier alpha value is -2.14. The van der Waals surface area contributed by atoms with Gasteiger partial charge in [-0.3, -0.25) is 0 Å². The summed E-state index contributed by atoms with van der Waals surface area (Å²) in [6, 6.07) is 7.63. The van der Waals surface area contributed by atoms with Gasteiger partial charge in [0.15, 0.2) is 0 Å². The van der Waals surface area contributed by atoms with E-state index >= 15 is 0 Å². The lowest BCUT2D eigenvalue weighted by molar-refractivity contribution is 0.281. The van der Waals surface area contributed by atoms with Crippen molar-refractivity contribution in [1.82, 2.24) is 9.97 Å². The molecule has 0 bridgehead atoms. The van der Waals surface area contributed by atoms with E-state index in [0.29, 0.717) is 11.5 Å². The number of hydrogen-bond donors (Lipinski definition) is 1. The molecule has 0 fully saturated rings. The maximum Gasteiger partial charge on any atom is 0.229 e. The van der Waals surface area contributed by atoms with E-state index in [4.69, 9.17) is 9.84 Å². The van der Waals surface area contributed by atoms with Crippen LogP contribution in [0.15, 0.2) is 36.7 Å². The summed E-state index contributed by atoms with van der Waals surface area (Å²) in [6.45, 7) is -0.0491. The molecule has 2 aromatic rings. The molecular formula is C13H15N3O2. The van der Waals surface area contributed by atoms with Crippen molar-refractivity contribution < 1.29 is 9.84 Å². The summed E-state index contributed by atoms with van der Waals surface area (Å²) in [5.41, 5.74) is 1.66. The number of aromatic nitrogens is 2. The summed E-state index contributed by atoms with van der Waals surface area (Å²) in [7, 11) is 3.52. The molecule has 0 saturated carbocycles. The van der Waals surface area contributed by atoms with Gasteiger partial charge in [0.05, 0.1) is 13.7 Å². The minimum absolute atomic E-state index is 0.0491. The number of nitrogens with zero attached hydrogens (tertiary/aromatic N) is 3. The molecule has 94 valence electrons. The number of ether oxygens (including phenoxy) is 1. The Labute approximate surface area is 106 Å². The van der Waals surface area contributed by atoms with Crippen LogP contribution in [0.25, 0.3) is 0 Å². The van der Waals surface area contributed by atoms with Crippen molar-refractivity contribution in [2.45, 2.75) is 6.61 Å². The van der Waals surface area contributed by atoms with E-state index in [1.54, 1.807) is 19.5 Å². The molecule has 18 heavy (non-hydrogen) atoms. The molecule has 0 atom stereocenters. The van der Waals surface area contributed by atoms with Crippen LogP contribution in [0.2, 0.25) is 0 Å². The first kappa shape index (κ1) is 12.3. The first-order valence-corrected chi connectivity index (χ1v) is 5.54. The fraction of sp³-hybridized carbons (Fsp3) is 0.231. The van der Waals surface area contributed by atoms with Gasteiger partial charge in [-0.25, -0.2) is 9.97 Å². The van der Waals surface area contributed by atoms with Gasteiger partial charge >= 0.3 is 0 Å². The smallest absolute Gasteiger partial charge is 0.229 e. The molecule has 1 heterocycles. The van der Waals surface area contributed by atoms with Crippen molar-refractivity contribution in [1.29, 1.82) is 0 Å². The van der Waals surface area contributed by atoms with Crippen molar-refractivity contribution in [2.75, 3.05) is 19.1 Å². The summed E-state index contributed by atoms with van der Waals surface area (Å²) < 4.78 is 5.11. The van der Waals surface area contributed by atoms with Crippen LogP contribution in [-0.4, -0.2) is 29.2 Å². The monoisotopic (exact) mass is 245 g/mol. The van der Waals surface area contributed by atoms with Crippen molar-refractivity contribution in [3.8, 4) is 5.75 Å². The Bertz CT molecular complexity index is 449. The molecule has 2 rings (SSSR count). The van der Waals surface area contributed by atoms with Gasteiger partial charge in [-0.15, -0.1) is 0 Å². The van der Waals surface area contributed by atoms with Gasteiger partial charge in [-0.05, 0) is 24.3 Å². The second kappa shape index (κ2) is 5.46. The van der Waals surface area contributed by atoms with Gasteiger partial charge in [0.1, 0.15) is 5.75 Å². The molecule has 0 aliphatic carbocycles. The molecule has 0 spiro atoms. The van der Waals surface area contributed by atoms with Gasteiger partial charge < -0.3 is 14.7 Å². The van der Waals surface area contributed by atoms with Crippen LogP contribution in [0, 0.1) is 0 Å². The number of anilines is 2. The summed E-state index contributed by atoms with van der Waals surface area (Å²) in [6.07, 6.45) is 3.23. The number of aliphatic hydroxyl groups is 1. The molecular weight excluding hydrogens is 230 g/mol. The normalized spacial score (nSPS) is 10.2. The summed E-state index contributed by atoms with van der Waals surface area (Å²) in [5, 5.41) is 8.93. The number of aliphatic hydroxyl groups excluding tert-OH is 1. The highest BCUT2D eigenvalue weighted by molar-refractivity contribution is 5.57. The summed E-state index contributed by atoms with van der Waals surface area (Å²) in [5.74, 6) is 1.39. The quantitative estimate of drug-likeness (QED) is 0.889. The third-order valence-electron chi connectivity index (χ3n) is 2.63. The Morgan fingerprint density at radius 3 is 2.28 bits per heavy atom. The molecule has 5 heteroatoms. The Morgan fingerprint density at radius 2 is 1.78 bits per heavy atom. The zero-order valence-corrected chi connectivity index (χ0v) is 10.4. The van der Waals surface area contributed by atoms with E-state index in [0.717, 1.165) is 11.4 Å². The van der Waals surface area contributed by atoms with Crippen molar-refractivity contribution in [2.24, 2.45) is 0 Å². The van der Waals surface area contributed by atoms with Crippen LogP contribution >= 0.6 is 0 Å². The Balaban J connectivity index is 2.20. The topological polar surface area (TPSA) is 58.5 Å². The number of methoxy groups -OCH3 is 1. The second-order valence-electron chi connectivity index (χ2n) is 3.81. The van der Waals surface area contributed by atoms with E-state index < -0.39 is 0 Å². The average molecular weight is 245 g/mol. The molecule has 0 amide bonds. The summed E-state index contributed by atoms with van der Waals surface area (Å²) >= 11 is 0. The molecule has 1 aromatic heterocycles. The fourth-order valence-electron chi connectivity index (χ4n) is 1.52. The van der Waals surface area contributed by atoms with Gasteiger partial charge in [0.2, 0.25) is 5.95 Å². The molecule has 0 unspecified atom stereocenters. The van der Waals surface area contributed by atoms with E-state index in [2.05, 4.69) is 9.97 Å². The SMILES string of the molecule is COc1ccc(N(C)c2ncc(CO)cn2)cc1. The lowest BCUT2D eigenvalue weighted by Gasteiger charge is -2.17. The van der Waals surface area contributed by atoms with Gasteiger partial charge in [-0.1, -0.05) is 0 Å². The minimum Gasteiger partial charge on any atom is -0.497 e. The Kier molecular flexibility index (Phi) is 3.74. The maximum absolute atomic E-state index is 8.93. The lowest BCUT2D eigenvalue weighted by atomic mass is 10.3. The van der Waals surface area contributed by atoms with Crippen molar-refractivity contribution >= 4 is 11.6 Å². The van der Waals surface area contributed by atoms with Gasteiger partial charge in [-0.2, -0.15) is 0 Å². The van der Waals surface area contributed by atoms with Crippen molar-refractivity contribution in [3.05, 3.63) is 42.2 Å². The van der Waals surface area contributed by atoms with Gasteiger partial charge in [0, 0.05) is 30.7 Å². The largest absolute Gasteiger partial charge is 0.497 e. The van der Waals surface area contributed by atoms with Crippen LogP contribution < -0.4 is 9.64 Å². The predicted molar refractivity (Wildman–Crippen MR) is 69.0 cm³/mol. The molecule has 1 N–H and O–H groups in total. The van der Waals surface area contributed by atoms with E-state index in [1.807, 2.05) is 36.2 Å². The average Bonchev–Trinajstić information content (AvgIpc) is 2.47. The molecule has 0 radical (unpaired) electrons. The highest BCUT2D eigenvalue weighted by Crippen LogP contribution is 2.22. The molecule has 0 saturated heterocycles. The van der Waals surface area contributed by atoms with Crippen LogP contribution in [0.5, 0.6) is 5.75 Å². The third-order valence-corrected chi connectivity index (χ3v) is 2.63. The Morgan fingerprint density at radius 1 is 1.17 bits per heavy atom. The minimum atomic E-state index is -0.0491. The first-order valence-electron chi connectivity index (χ1n) is 5.54. The van der Waals surface area contributed by atoms with Gasteiger partial charge in [0.25, 0.3) is 0 Å². The van der Waals surface area contributed by atoms with Crippen molar-refractivity contribution in [3.63, 3.8) is 0 Å². The zero-order valence-electron chi connectivity index (χ0n) is 10.4. The first-order chi connectivity index (χ1) is 8.74. The predicted octanol–water partition coefficient (Wildman–Crippen LogP) is 1.75. The highest BCUT2D eigenvalue weighted by Gasteiger charge is 2.06. The van der Waals surface area contributed by atoms with E-state index in [-0.39, 0.29) is 6.61 Å². The number of rotatable bonds is 4. The maximum atomic E-state index is 8.93. The van der Waals surface area contributed by atoms with Crippen LogP contribution in [0.4, 0.5) is 11.6 Å². The van der Waals surface area contributed by atoms with Crippen LogP contribution in [-0.2, 0) is 6.61 Å². The van der Waals surface area contributed by atoms with E-state index in [1.165, 1.54) is 0 Å². The molecule has 0 aliphatic rings. The molecule has 1 aromatic carbocycles. The lowest BCUT2D eigenvalue weighted by Crippen LogP contribution is -2.13. The zero-order chi connectivity index (χ0) is 13.0. The fourth-order valence-corrected chi connectivity index (χ4v) is 1.52. The third kappa shape index (κ3) is 2.57. The molecule has 0 aliphatic heterocycles.